The molecule has 9 nitrogen and oxygen atoms in total. The average Bonchev–Trinajstić information content (AvgIpc) is 3.00. The minimum Gasteiger partial charge on any atom is -0.494 e. The van der Waals surface area contributed by atoms with Gasteiger partial charge in [0.2, 0.25) is 0 Å². The van der Waals surface area contributed by atoms with Gasteiger partial charge in [-0.1, -0.05) is 0 Å². The molecule has 1 amide bonds. The average molecular weight is 365 g/mol. The summed E-state index contributed by atoms with van der Waals surface area (Å²) in [5.41, 5.74) is 1.68. The molecule has 10 heteroatoms. The molecule has 0 unspecified atom stereocenters. The minimum atomic E-state index is -0.692. The molecule has 0 aliphatic rings. The van der Waals surface area contributed by atoms with E-state index in [1.54, 1.807) is 13.8 Å². The molecule has 2 rings (SSSR count). The van der Waals surface area contributed by atoms with Gasteiger partial charge in [0, 0.05) is 0 Å². The van der Waals surface area contributed by atoms with Crippen molar-refractivity contribution in [3.63, 3.8) is 0 Å². The summed E-state index contributed by atoms with van der Waals surface area (Å²) in [5.74, 6) is -1.04. The van der Waals surface area contributed by atoms with Crippen LogP contribution in [-0.2, 0) is 9.53 Å². The number of anilines is 1. The molecule has 0 spiro atoms. The molecule has 1 N–H and O–H groups in total. The molecule has 1 heterocycles. The molecule has 2 aromatic rings. The van der Waals surface area contributed by atoms with Crippen molar-refractivity contribution in [3.05, 3.63) is 44.4 Å². The number of aryl methyl sites for hydroxylation is 1. The number of amides is 1. The van der Waals surface area contributed by atoms with Gasteiger partial charge in [0.25, 0.3) is 11.6 Å². The number of nitrogens with zero attached hydrogens (tertiary/aromatic N) is 2. The number of hydrogen-bond acceptors (Lipinski definition) is 8. The standard InChI is InChI=1S/C15H15N3O6S/c1-3-23-10-4-5-11(12(6-10)18(21)22)17-13(19)7-24-15(20)14-9(2)16-8-25-14/h4-6,8H,3,7H2,1-2H3,(H,17,19). The first-order valence-corrected chi connectivity index (χ1v) is 8.08. The van der Waals surface area contributed by atoms with Crippen molar-refractivity contribution in [2.24, 2.45) is 0 Å². The van der Waals surface area contributed by atoms with Crippen LogP contribution < -0.4 is 10.1 Å². The van der Waals surface area contributed by atoms with Crippen molar-refractivity contribution in [1.82, 2.24) is 4.98 Å². The third-order valence-electron chi connectivity index (χ3n) is 3.02. The molecule has 1 aromatic heterocycles. The van der Waals surface area contributed by atoms with Crippen molar-refractivity contribution in [3.8, 4) is 5.75 Å². The van der Waals surface area contributed by atoms with E-state index in [4.69, 9.17) is 9.47 Å². The summed E-state index contributed by atoms with van der Waals surface area (Å²) in [5, 5.41) is 13.5. The summed E-state index contributed by atoms with van der Waals surface area (Å²) in [7, 11) is 0. The maximum absolute atomic E-state index is 11.9. The smallest absolute Gasteiger partial charge is 0.350 e. The monoisotopic (exact) mass is 365 g/mol. The summed E-state index contributed by atoms with van der Waals surface area (Å²) >= 11 is 1.11. The number of thiazole rings is 1. The molecule has 0 fully saturated rings. The van der Waals surface area contributed by atoms with Gasteiger partial charge in [-0.2, -0.15) is 0 Å². The zero-order valence-corrected chi connectivity index (χ0v) is 14.3. The van der Waals surface area contributed by atoms with Gasteiger partial charge in [0.1, 0.15) is 16.3 Å². The minimum absolute atomic E-state index is 0.0107. The summed E-state index contributed by atoms with van der Waals surface area (Å²) in [4.78, 5) is 38.4. The van der Waals surface area contributed by atoms with Gasteiger partial charge >= 0.3 is 5.97 Å². The molecule has 132 valence electrons. The molecule has 1 aromatic carbocycles. The Morgan fingerprint density at radius 1 is 1.40 bits per heavy atom. The topological polar surface area (TPSA) is 121 Å². The lowest BCUT2D eigenvalue weighted by atomic mass is 10.2. The SMILES string of the molecule is CCOc1ccc(NC(=O)COC(=O)c2scnc2C)c([N+](=O)[O-])c1. The maximum Gasteiger partial charge on any atom is 0.350 e. The number of aromatic nitrogens is 1. The van der Waals surface area contributed by atoms with Gasteiger partial charge < -0.3 is 14.8 Å². The van der Waals surface area contributed by atoms with E-state index in [9.17, 15) is 19.7 Å². The molecule has 0 radical (unpaired) electrons. The van der Waals surface area contributed by atoms with Crippen LogP contribution in [0.4, 0.5) is 11.4 Å². The van der Waals surface area contributed by atoms with E-state index < -0.39 is 23.4 Å². The molecular weight excluding hydrogens is 350 g/mol. The fourth-order valence-corrected chi connectivity index (χ4v) is 2.60. The Kier molecular flexibility index (Phi) is 6.01. The normalized spacial score (nSPS) is 10.2. The predicted octanol–water partition coefficient (Wildman–Crippen LogP) is 2.55. The number of rotatable bonds is 7. The van der Waals surface area contributed by atoms with Crippen molar-refractivity contribution in [2.75, 3.05) is 18.5 Å². The van der Waals surface area contributed by atoms with Crippen molar-refractivity contribution in [2.45, 2.75) is 13.8 Å². The summed E-state index contributed by atoms with van der Waals surface area (Å²) in [6, 6.07) is 4.07. The van der Waals surface area contributed by atoms with Gasteiger partial charge in [-0.3, -0.25) is 14.9 Å². The Labute approximate surface area is 146 Å². The Morgan fingerprint density at radius 3 is 2.76 bits per heavy atom. The molecule has 25 heavy (non-hydrogen) atoms. The van der Waals surface area contributed by atoms with Crippen LogP contribution in [0.5, 0.6) is 5.75 Å². The van der Waals surface area contributed by atoms with Crippen molar-refractivity contribution in [1.29, 1.82) is 0 Å². The highest BCUT2D eigenvalue weighted by Gasteiger charge is 2.19. The van der Waals surface area contributed by atoms with E-state index in [1.165, 1.54) is 23.7 Å². The van der Waals surface area contributed by atoms with Gasteiger partial charge in [0.15, 0.2) is 6.61 Å². The van der Waals surface area contributed by atoms with Crippen LogP contribution in [0.2, 0.25) is 0 Å². The van der Waals surface area contributed by atoms with Crippen LogP contribution in [0.1, 0.15) is 22.3 Å². The fraction of sp³-hybridized carbons (Fsp3) is 0.267. The van der Waals surface area contributed by atoms with Crippen LogP contribution in [-0.4, -0.2) is 35.0 Å². The van der Waals surface area contributed by atoms with E-state index in [-0.39, 0.29) is 11.4 Å². The number of ether oxygens (including phenoxy) is 2. The Hall–Kier alpha value is -3.01. The van der Waals surface area contributed by atoms with Crippen molar-refractivity contribution < 1.29 is 24.0 Å². The zero-order chi connectivity index (χ0) is 18.4. The van der Waals surface area contributed by atoms with Crippen molar-refractivity contribution >= 4 is 34.6 Å². The lowest BCUT2D eigenvalue weighted by Crippen LogP contribution is -2.21. The highest BCUT2D eigenvalue weighted by atomic mass is 32.1. The highest BCUT2D eigenvalue weighted by Crippen LogP contribution is 2.29. The van der Waals surface area contributed by atoms with Gasteiger partial charge in [-0.15, -0.1) is 11.3 Å². The predicted molar refractivity (Wildman–Crippen MR) is 90.0 cm³/mol. The van der Waals surface area contributed by atoms with Gasteiger partial charge in [-0.05, 0) is 26.0 Å². The molecule has 0 aliphatic heterocycles. The third-order valence-corrected chi connectivity index (χ3v) is 3.92. The van der Waals surface area contributed by atoms with Gasteiger partial charge in [0.05, 0.1) is 28.8 Å². The first-order chi connectivity index (χ1) is 11.9. The first kappa shape index (κ1) is 18.3. The second kappa shape index (κ2) is 8.20. The number of carbonyl (C=O) groups is 2. The van der Waals surface area contributed by atoms with Crippen LogP contribution >= 0.6 is 11.3 Å². The number of nitrogens with one attached hydrogen (secondary N) is 1. The zero-order valence-electron chi connectivity index (χ0n) is 13.5. The Balaban J connectivity index is 2.01. The molecule has 0 atom stereocenters. The third kappa shape index (κ3) is 4.73. The molecule has 0 aliphatic carbocycles. The first-order valence-electron chi connectivity index (χ1n) is 7.20. The number of nitro benzene ring substituents is 1. The largest absolute Gasteiger partial charge is 0.494 e. The van der Waals surface area contributed by atoms with E-state index in [1.807, 2.05) is 0 Å². The lowest BCUT2D eigenvalue weighted by Gasteiger charge is -2.08. The van der Waals surface area contributed by atoms with Gasteiger partial charge in [-0.25, -0.2) is 9.78 Å². The Morgan fingerprint density at radius 2 is 2.16 bits per heavy atom. The summed E-state index contributed by atoms with van der Waals surface area (Å²) in [6.45, 7) is 3.19. The van der Waals surface area contributed by atoms with E-state index in [2.05, 4.69) is 10.3 Å². The molecular formula is C15H15N3O6S. The van der Waals surface area contributed by atoms with E-state index in [0.29, 0.717) is 22.9 Å². The van der Waals surface area contributed by atoms with Crippen LogP contribution in [0.25, 0.3) is 0 Å². The summed E-state index contributed by atoms with van der Waals surface area (Å²) < 4.78 is 10.1. The maximum atomic E-state index is 11.9. The van der Waals surface area contributed by atoms with E-state index >= 15 is 0 Å². The second-order valence-corrected chi connectivity index (χ2v) is 5.62. The number of carbonyl (C=O) groups excluding carboxylic acids is 2. The fourth-order valence-electron chi connectivity index (χ4n) is 1.91. The number of nitro groups is 1. The Bertz CT molecular complexity index is 804. The van der Waals surface area contributed by atoms with E-state index in [0.717, 1.165) is 11.3 Å². The molecule has 0 saturated heterocycles. The lowest BCUT2D eigenvalue weighted by molar-refractivity contribution is -0.384. The molecule has 0 saturated carbocycles. The number of esters is 1. The number of hydrogen-bond donors (Lipinski definition) is 1. The second-order valence-electron chi connectivity index (χ2n) is 4.76. The van der Waals surface area contributed by atoms with Crippen LogP contribution in [0.15, 0.2) is 23.7 Å². The summed E-state index contributed by atoms with van der Waals surface area (Å²) in [6.07, 6.45) is 0. The van der Waals surface area contributed by atoms with Crippen LogP contribution in [0.3, 0.4) is 0 Å². The quantitative estimate of drug-likeness (QED) is 0.455. The number of benzene rings is 1. The highest BCUT2D eigenvalue weighted by molar-refractivity contribution is 7.11. The van der Waals surface area contributed by atoms with Crippen LogP contribution in [0, 0.1) is 17.0 Å². The molecule has 0 bridgehead atoms.